The van der Waals surface area contributed by atoms with Crippen molar-refractivity contribution >= 4 is 48.8 Å². The number of fused-ring (bicyclic) bond motifs is 2. The zero-order chi connectivity index (χ0) is 24.1. The number of nitrogens with zero attached hydrogens (tertiary/aromatic N) is 3. The van der Waals surface area contributed by atoms with Gasteiger partial charge in [-0.1, -0.05) is 0 Å². The van der Waals surface area contributed by atoms with Crippen LogP contribution in [0.5, 0.6) is 5.75 Å². The molecule has 4 aromatic rings. The van der Waals surface area contributed by atoms with Gasteiger partial charge in [-0.3, -0.25) is 0 Å². The van der Waals surface area contributed by atoms with E-state index in [9.17, 15) is 14.7 Å². The molecule has 0 saturated carbocycles. The summed E-state index contributed by atoms with van der Waals surface area (Å²) in [7, 11) is 4.02. The Hall–Kier alpha value is -1.86. The molecule has 0 radical (unpaired) electrons. The summed E-state index contributed by atoms with van der Waals surface area (Å²) in [6, 6.07) is 11.6. The molecule has 0 bridgehead atoms. The van der Waals surface area contributed by atoms with E-state index < -0.39 is 0 Å². The second-order valence-electron chi connectivity index (χ2n) is 8.71. The summed E-state index contributed by atoms with van der Waals surface area (Å²) in [6.07, 6.45) is 4.05. The van der Waals surface area contributed by atoms with Gasteiger partial charge >= 0.3 is 212 Å². The van der Waals surface area contributed by atoms with Crippen LogP contribution in [0.2, 0.25) is 0 Å². The number of aryl methyl sites for hydroxylation is 2. The SMILES string of the molecule is CN(C)CCOc1ccc2[se]n(CCCCCCn3[se]c4ccc(CO)cc4c3=O)c(=O)c2c1. The third-order valence-corrected chi connectivity index (χ3v) is 10.5. The standard InChI is InChI=1S/C25H31N3O4Se2/c1-26(2)13-14-32-19-8-10-23-21(16-19)25(31)28(34-23)12-6-4-3-5-11-27-24(30)20-15-18(17-29)7-9-22(20)33-27/h7-10,15-16,29H,3-6,11-14,17H2,1-2H3. The molecule has 0 unspecified atom stereocenters. The molecule has 182 valence electrons. The average Bonchev–Trinajstić information content (AvgIpc) is 3.31. The Bertz CT molecular complexity index is 1370. The molecule has 0 aliphatic heterocycles. The summed E-state index contributed by atoms with van der Waals surface area (Å²) in [4.78, 5) is 27.5. The maximum absolute atomic E-state index is 12.8. The van der Waals surface area contributed by atoms with Gasteiger partial charge in [0, 0.05) is 0 Å². The van der Waals surface area contributed by atoms with Crippen molar-refractivity contribution in [3.8, 4) is 5.75 Å². The Morgan fingerprint density at radius 1 is 0.853 bits per heavy atom. The van der Waals surface area contributed by atoms with Crippen molar-refractivity contribution in [2.45, 2.75) is 45.4 Å². The van der Waals surface area contributed by atoms with Gasteiger partial charge in [-0.15, -0.1) is 0 Å². The van der Waals surface area contributed by atoms with Gasteiger partial charge in [0.1, 0.15) is 0 Å². The average molecular weight is 595 g/mol. The normalized spacial score (nSPS) is 11.8. The summed E-state index contributed by atoms with van der Waals surface area (Å²) in [5, 5.41) is 10.8. The first kappa shape index (κ1) is 25.2. The quantitative estimate of drug-likeness (QED) is 0.201. The van der Waals surface area contributed by atoms with Gasteiger partial charge in [0.05, 0.1) is 0 Å². The van der Waals surface area contributed by atoms with E-state index in [0.29, 0.717) is 6.61 Å². The Morgan fingerprint density at radius 3 is 2.03 bits per heavy atom. The molecule has 1 N–H and O–H groups in total. The molecule has 0 aliphatic carbocycles. The number of unbranched alkanes of at least 4 members (excludes halogenated alkanes) is 3. The van der Waals surface area contributed by atoms with Crippen LogP contribution >= 0.6 is 0 Å². The van der Waals surface area contributed by atoms with Crippen LogP contribution in [0, 0.1) is 0 Å². The molecule has 2 aromatic heterocycles. The monoisotopic (exact) mass is 597 g/mol. The molecule has 4 rings (SSSR count). The van der Waals surface area contributed by atoms with E-state index in [4.69, 9.17) is 4.74 Å². The van der Waals surface area contributed by atoms with E-state index in [2.05, 4.69) is 4.90 Å². The third-order valence-electron chi connectivity index (χ3n) is 5.79. The van der Waals surface area contributed by atoms with E-state index in [0.717, 1.165) is 75.9 Å². The van der Waals surface area contributed by atoms with Crippen molar-refractivity contribution in [2.24, 2.45) is 0 Å². The van der Waals surface area contributed by atoms with Gasteiger partial charge in [0.25, 0.3) is 0 Å². The number of benzene rings is 2. The molecular formula is C25H31N3O4Se2. The molecular weight excluding hydrogens is 564 g/mol. The predicted octanol–water partition coefficient (Wildman–Crippen LogP) is 2.12. The number of hydrogen-bond donors (Lipinski definition) is 1. The Morgan fingerprint density at radius 2 is 1.44 bits per heavy atom. The van der Waals surface area contributed by atoms with E-state index in [1.54, 1.807) is 0 Å². The second kappa shape index (κ2) is 11.7. The van der Waals surface area contributed by atoms with Crippen molar-refractivity contribution in [1.82, 2.24) is 12.0 Å². The number of aromatic nitrogens is 2. The van der Waals surface area contributed by atoms with Crippen LogP contribution in [0.15, 0.2) is 46.0 Å². The first-order valence-electron chi connectivity index (χ1n) is 11.6. The Balaban J connectivity index is 1.26. The fraction of sp³-hybridized carbons (Fsp3) is 0.440. The molecule has 0 fully saturated rings. The molecule has 0 spiro atoms. The first-order valence-corrected chi connectivity index (χ1v) is 14.9. The molecule has 9 heteroatoms. The summed E-state index contributed by atoms with van der Waals surface area (Å²) in [6.45, 7) is 2.97. The third kappa shape index (κ3) is 6.03. The van der Waals surface area contributed by atoms with E-state index in [-0.39, 0.29) is 47.2 Å². The Kier molecular flexibility index (Phi) is 8.70. The van der Waals surface area contributed by atoms with Gasteiger partial charge in [0.15, 0.2) is 0 Å². The van der Waals surface area contributed by atoms with Crippen LogP contribution in [0.4, 0.5) is 0 Å². The van der Waals surface area contributed by atoms with E-state index in [1.165, 1.54) is 0 Å². The molecule has 0 saturated heterocycles. The van der Waals surface area contributed by atoms with E-state index >= 15 is 0 Å². The van der Waals surface area contributed by atoms with Gasteiger partial charge in [0.2, 0.25) is 0 Å². The van der Waals surface area contributed by atoms with Crippen LogP contribution in [0.3, 0.4) is 0 Å². The molecule has 0 aliphatic rings. The van der Waals surface area contributed by atoms with Crippen molar-refractivity contribution in [3.05, 3.63) is 62.7 Å². The van der Waals surface area contributed by atoms with Crippen LogP contribution in [-0.2, 0) is 19.7 Å². The van der Waals surface area contributed by atoms with Crippen LogP contribution in [0.1, 0.15) is 31.2 Å². The second-order valence-corrected chi connectivity index (χ2v) is 13.2. The zero-order valence-electron chi connectivity index (χ0n) is 19.7. The van der Waals surface area contributed by atoms with Crippen molar-refractivity contribution in [3.63, 3.8) is 0 Å². The van der Waals surface area contributed by atoms with Gasteiger partial charge in [-0.25, -0.2) is 0 Å². The fourth-order valence-electron chi connectivity index (χ4n) is 3.86. The van der Waals surface area contributed by atoms with Crippen LogP contribution in [-0.4, -0.2) is 73.8 Å². The number of rotatable bonds is 12. The number of likely N-dealkylation sites (N-methyl/N-ethyl adjacent to an activating group) is 1. The molecule has 7 nitrogen and oxygen atoms in total. The molecule has 0 amide bonds. The number of aliphatic hydroxyl groups excluding tert-OH is 1. The van der Waals surface area contributed by atoms with Gasteiger partial charge < -0.3 is 0 Å². The van der Waals surface area contributed by atoms with Crippen molar-refractivity contribution in [2.75, 3.05) is 27.2 Å². The maximum atomic E-state index is 12.8. The van der Waals surface area contributed by atoms with Crippen molar-refractivity contribution in [1.29, 1.82) is 0 Å². The summed E-state index contributed by atoms with van der Waals surface area (Å²) in [5.41, 5.74) is 1.01. The summed E-state index contributed by atoms with van der Waals surface area (Å²) >= 11 is 0.0734. The van der Waals surface area contributed by atoms with Crippen molar-refractivity contribution < 1.29 is 9.84 Å². The molecule has 2 heterocycles. The van der Waals surface area contributed by atoms with E-state index in [1.807, 2.05) is 57.6 Å². The van der Waals surface area contributed by atoms with Crippen LogP contribution < -0.4 is 15.9 Å². The first-order chi connectivity index (χ1) is 16.5. The topological polar surface area (TPSA) is 76.7 Å². The number of aliphatic hydroxyl groups is 1. The van der Waals surface area contributed by atoms with Gasteiger partial charge in [-0.2, -0.15) is 0 Å². The molecule has 2 aromatic carbocycles. The fourth-order valence-corrected chi connectivity index (χ4v) is 8.11. The number of hydrogen-bond acceptors (Lipinski definition) is 5. The zero-order valence-corrected chi connectivity index (χ0v) is 23.1. The molecule has 34 heavy (non-hydrogen) atoms. The summed E-state index contributed by atoms with van der Waals surface area (Å²) in [5.74, 6) is 0.763. The molecule has 0 atom stereocenters. The minimum absolute atomic E-state index is 0.0334. The predicted molar refractivity (Wildman–Crippen MR) is 139 cm³/mol. The summed E-state index contributed by atoms with van der Waals surface area (Å²) < 4.78 is 12.0. The van der Waals surface area contributed by atoms with Gasteiger partial charge in [-0.05, 0) is 0 Å². The minimum atomic E-state index is -0.0365. The van der Waals surface area contributed by atoms with Crippen LogP contribution in [0.25, 0.3) is 19.3 Å². The Labute approximate surface area is 211 Å². The number of ether oxygens (including phenoxy) is 1.